The molecular weight excluding hydrogens is 1870 g/mol. The number of pyridine rings is 3. The van der Waals surface area contributed by atoms with Gasteiger partial charge in [0, 0.05) is 108 Å². The van der Waals surface area contributed by atoms with E-state index in [2.05, 4.69) is 92.5 Å². The van der Waals surface area contributed by atoms with Crippen molar-refractivity contribution in [2.75, 3.05) is 73.9 Å². The SMILES string of the molecule is C[C@@H]1OCC2(CCN(c3cnc4c(I)nn(C5CCCCO5)c4n3)CC2)[C@@H]1NC(=O)OC(C)(C)C.C[C@@H]1OCC2(CCN(c3cnc4c(N5CCCc6nc(-c7ccn(C)n7)ccc65)nn(C5CCCCO5)c4n3)CC2)[C@@H]1NC(=O)OC(C)(C)C.Clc1ccc2c(n1)CCCC2.Cn1ccc(-c2ccc3c(n2)CCCC3)n1.Cn1ccc(B2OC(C)(C)C(C)(C)O2)n1.S.S.S.S. The Labute approximate surface area is 816 Å². The van der Waals surface area contributed by atoms with Crippen LogP contribution in [0.25, 0.3) is 45.1 Å². The van der Waals surface area contributed by atoms with Crippen LogP contribution in [0, 0.1) is 14.5 Å². The summed E-state index contributed by atoms with van der Waals surface area (Å²) in [5.41, 5.74) is 13.0. The molecule has 8 aliphatic heterocycles. The zero-order valence-electron chi connectivity index (χ0n) is 78.4. The molecule has 7 saturated heterocycles. The van der Waals surface area contributed by atoms with Gasteiger partial charge in [0.25, 0.3) is 0 Å². The lowest BCUT2D eigenvalue weighted by molar-refractivity contribution is -0.0372. The fourth-order valence-corrected chi connectivity index (χ4v) is 19.6. The van der Waals surface area contributed by atoms with Gasteiger partial charge in [0.05, 0.1) is 89.5 Å². The molecule has 20 rings (SSSR count). The van der Waals surface area contributed by atoms with Crippen molar-refractivity contribution in [2.45, 2.75) is 271 Å². The highest BCUT2D eigenvalue weighted by Gasteiger charge is 2.54. The number of aryl methyl sites for hydroxylation is 8. The largest absolute Gasteiger partial charge is 0.516 e. The van der Waals surface area contributed by atoms with Gasteiger partial charge in [-0.3, -0.25) is 19.0 Å². The Kier molecular flexibility index (Phi) is 33.7. The number of ether oxygens (including phenoxy) is 6. The number of hydrogen-bond acceptors (Lipinski definition) is 25. The first kappa shape index (κ1) is 102. The number of nitrogens with one attached hydrogen (secondary N) is 2. The molecule has 0 saturated carbocycles. The van der Waals surface area contributed by atoms with Gasteiger partial charge >= 0.3 is 19.3 Å². The number of carbonyl (C=O) groups is 2. The third kappa shape index (κ3) is 23.7. The summed E-state index contributed by atoms with van der Waals surface area (Å²) in [6, 6.07) is 18.2. The second kappa shape index (κ2) is 43.2. The highest BCUT2D eigenvalue weighted by atomic mass is 127. The molecule has 7 fully saturated rings. The Hall–Kier alpha value is -7.64. The molecule has 2 N–H and O–H groups in total. The van der Waals surface area contributed by atoms with E-state index in [0.717, 1.165) is 212 Å². The molecule has 6 atom stereocenters. The minimum absolute atomic E-state index is 0. The van der Waals surface area contributed by atoms with Crippen LogP contribution in [0.3, 0.4) is 0 Å². The van der Waals surface area contributed by atoms with Crippen molar-refractivity contribution in [2.24, 2.45) is 32.0 Å². The topological polar surface area (TPSA) is 321 Å². The van der Waals surface area contributed by atoms with Gasteiger partial charge in [-0.25, -0.2) is 48.9 Å². The molecule has 10 aromatic rings. The van der Waals surface area contributed by atoms with E-state index < -0.39 is 17.3 Å². The monoisotopic (exact) mass is 2010 g/mol. The van der Waals surface area contributed by atoms with Crippen molar-refractivity contribution >= 4 is 159 Å². The second-order valence-electron chi connectivity index (χ2n) is 38.6. The van der Waals surface area contributed by atoms with Crippen LogP contribution >= 0.6 is 88.2 Å². The van der Waals surface area contributed by atoms with Gasteiger partial charge in [-0.05, 0) is 288 Å². The lowest BCUT2D eigenvalue weighted by Gasteiger charge is -2.42. The number of carbonyl (C=O) groups excluding carboxylic acids is 2. The van der Waals surface area contributed by atoms with E-state index in [0.29, 0.717) is 25.0 Å². The van der Waals surface area contributed by atoms with Gasteiger partial charge < -0.3 is 63.1 Å². The average molecular weight is 2010 g/mol. The maximum absolute atomic E-state index is 12.8. The van der Waals surface area contributed by atoms with Crippen LogP contribution < -0.4 is 30.9 Å². The van der Waals surface area contributed by atoms with Crippen LogP contribution in [0.4, 0.5) is 32.7 Å². The van der Waals surface area contributed by atoms with Crippen LogP contribution in [0.15, 0.2) is 85.6 Å². The quantitative estimate of drug-likeness (QED) is 0.0730. The molecule has 2 amide bonds. The number of aromatic nitrogens is 17. The van der Waals surface area contributed by atoms with Gasteiger partial charge in [0.15, 0.2) is 38.8 Å². The minimum Gasteiger partial charge on any atom is -0.444 e. The number of amides is 2. The number of fused-ring (bicyclic) bond motifs is 5. The molecule has 2 aliphatic carbocycles. The molecule has 18 heterocycles. The molecule has 2 spiro atoms. The fourth-order valence-electron chi connectivity index (χ4n) is 18.8. The van der Waals surface area contributed by atoms with Gasteiger partial charge in [-0.1, -0.05) is 23.7 Å². The van der Waals surface area contributed by atoms with Crippen LogP contribution in [0.5, 0.6) is 0 Å². The summed E-state index contributed by atoms with van der Waals surface area (Å²) in [5, 5.41) is 30.0. The van der Waals surface area contributed by atoms with Crippen molar-refractivity contribution in [3.63, 3.8) is 0 Å². The summed E-state index contributed by atoms with van der Waals surface area (Å²) >= 11 is 7.99. The molecule has 39 heteroatoms. The summed E-state index contributed by atoms with van der Waals surface area (Å²) in [5.74, 6) is 2.46. The van der Waals surface area contributed by atoms with Gasteiger partial charge in [0.2, 0.25) is 0 Å². The van der Waals surface area contributed by atoms with Crippen molar-refractivity contribution < 1.29 is 47.3 Å². The molecule has 712 valence electrons. The van der Waals surface area contributed by atoms with E-state index in [1.54, 1.807) is 9.36 Å². The highest BCUT2D eigenvalue weighted by Crippen LogP contribution is 2.47. The number of anilines is 4. The lowest BCUT2D eigenvalue weighted by atomic mass is 9.73. The summed E-state index contributed by atoms with van der Waals surface area (Å²) < 4.78 is 57.3. The molecule has 0 bridgehead atoms. The van der Waals surface area contributed by atoms with Crippen molar-refractivity contribution in [3.8, 4) is 22.8 Å². The molecule has 2 unspecified atom stereocenters. The summed E-state index contributed by atoms with van der Waals surface area (Å²) in [4.78, 5) is 66.2. The molecule has 0 radical (unpaired) electrons. The van der Waals surface area contributed by atoms with E-state index in [1.807, 2.05) is 180 Å². The van der Waals surface area contributed by atoms with E-state index >= 15 is 0 Å². The number of rotatable bonds is 10. The van der Waals surface area contributed by atoms with Crippen LogP contribution in [0.1, 0.15) is 220 Å². The number of alkyl carbamates (subject to hydrolysis) is 2. The standard InChI is InChI=1S/C36H48N10O4.C24H35IN6O4.C13H15N3.C10H17BN2O2.C9H10ClN.4H2S/c1-23-31(40-34(47)50-35(2,3)4)36(22-49-23)14-18-44(19-15-36)28-21-37-30-32(39-28)46(29-10-6-7-20-48-29)42-33(30)45-16-8-9-26-27(45)12-11-24(38-26)25-13-17-43(5)41-25;1-15-19(28-22(32)35-23(2,3)4)24(14-34-15)8-10-30(11-9-24)16-13-26-18-20(25)29-31(21(18)27-16)17-7-5-6-12-33-17;1-16-9-8-13(15-16)12-7-6-10-4-2-3-5-11(10)14-12;1-9(2)10(3,4)15-11(14-9)8-6-7-13(5)12-8;10-9-6-5-7-3-1-2-4-8(7)11-9;;;;/h11-13,17,21,23,29,31H,6-10,14-16,18-20,22H2,1-5H3,(H,40,47);13,15,17,19H,5-12,14H2,1-4H3,(H,28,32);6-9H,2-5H2,1H3;6-7H,1-5H3;5-6H,1-4H2;4*1H2/t23-,29?,31+;15-,17?,19+;;;;;;;/m00......./s1. The van der Waals surface area contributed by atoms with Crippen molar-refractivity contribution in [3.05, 3.63) is 123 Å². The summed E-state index contributed by atoms with van der Waals surface area (Å²) in [7, 11) is 5.38. The lowest BCUT2D eigenvalue weighted by Crippen LogP contribution is -2.55. The van der Waals surface area contributed by atoms with Crippen molar-refractivity contribution in [1.29, 1.82) is 0 Å². The summed E-state index contributed by atoms with van der Waals surface area (Å²) in [6.45, 7) is 30.2. The highest BCUT2D eigenvalue weighted by molar-refractivity contribution is 14.1. The van der Waals surface area contributed by atoms with E-state index in [9.17, 15) is 9.59 Å². The molecule has 32 nitrogen and oxygen atoms in total. The number of nitrogens with zero attached hydrogens (tertiary/aromatic N) is 20. The molecular formula is C92H133BClIN22O10S4. The van der Waals surface area contributed by atoms with Crippen LogP contribution in [0.2, 0.25) is 5.15 Å². The van der Waals surface area contributed by atoms with E-state index in [4.69, 9.17) is 89.4 Å². The Bertz CT molecular complexity index is 5510. The molecule has 131 heavy (non-hydrogen) atoms. The summed E-state index contributed by atoms with van der Waals surface area (Å²) in [6.07, 6.45) is 29.5. The Morgan fingerprint density at radius 3 is 1.43 bits per heavy atom. The first-order chi connectivity index (χ1) is 60.7. The maximum Gasteiger partial charge on any atom is 0.516 e. The van der Waals surface area contributed by atoms with E-state index in [-0.39, 0.29) is 126 Å². The predicted molar refractivity (Wildman–Crippen MR) is 537 cm³/mol. The van der Waals surface area contributed by atoms with Crippen LogP contribution in [-0.2, 0) is 91.0 Å². The smallest absolute Gasteiger partial charge is 0.444 e. The number of halogens is 2. The normalized spacial score (nSPS) is 22.1. The molecule has 0 aromatic carbocycles. The first-order valence-corrected chi connectivity index (χ1v) is 47.1. The Morgan fingerprint density at radius 2 is 0.947 bits per heavy atom. The second-order valence-corrected chi connectivity index (χ2v) is 40.0. The molecule has 10 aromatic heterocycles. The van der Waals surface area contributed by atoms with Crippen LogP contribution in [-0.4, -0.2) is 209 Å². The zero-order chi connectivity index (χ0) is 89.3. The molecule has 10 aliphatic rings. The van der Waals surface area contributed by atoms with Gasteiger partial charge in [-0.2, -0.15) is 74.4 Å². The van der Waals surface area contributed by atoms with E-state index in [1.165, 1.54) is 61.0 Å². The minimum atomic E-state index is -0.562. The Morgan fingerprint density at radius 1 is 0.496 bits per heavy atom. The Balaban J connectivity index is 0.000000164. The van der Waals surface area contributed by atoms with Crippen molar-refractivity contribution in [1.82, 2.24) is 94.4 Å². The fraction of sp³-hybridized carbons (Fsp3) is 0.609. The predicted octanol–water partition coefficient (Wildman–Crippen LogP) is 15.5. The average Bonchev–Trinajstić information content (AvgIpc) is 1.57. The number of hydrogen-bond donors (Lipinski definition) is 2. The third-order valence-electron chi connectivity index (χ3n) is 26.4. The number of piperidine rings is 2. The maximum atomic E-state index is 12.8. The third-order valence-corrected chi connectivity index (χ3v) is 27.3. The zero-order valence-corrected chi connectivity index (χ0v) is 85.3. The van der Waals surface area contributed by atoms with Gasteiger partial charge in [0.1, 0.15) is 44.9 Å². The van der Waals surface area contributed by atoms with Gasteiger partial charge in [-0.15, -0.1) is 5.10 Å². The first-order valence-electron chi connectivity index (χ1n) is 45.6.